The molecule has 0 aromatic heterocycles. The number of rotatable bonds is 1. The molecular formula is C12H13ClN2S. The first-order chi connectivity index (χ1) is 7.74. The summed E-state index contributed by atoms with van der Waals surface area (Å²) < 4.78 is 0. The molecule has 2 nitrogen and oxygen atoms in total. The minimum atomic E-state index is 0.455. The van der Waals surface area contributed by atoms with E-state index in [0.717, 1.165) is 29.5 Å². The van der Waals surface area contributed by atoms with Crippen molar-refractivity contribution >= 4 is 28.9 Å². The average Bonchev–Trinajstić information content (AvgIpc) is 2.84. The summed E-state index contributed by atoms with van der Waals surface area (Å²) in [4.78, 5) is 0. The van der Waals surface area contributed by atoms with Crippen LogP contribution in [0.25, 0.3) is 0 Å². The Morgan fingerprint density at radius 1 is 1.31 bits per heavy atom. The van der Waals surface area contributed by atoms with Gasteiger partial charge in [-0.3, -0.25) is 0 Å². The molecule has 16 heavy (non-hydrogen) atoms. The van der Waals surface area contributed by atoms with Gasteiger partial charge in [0.1, 0.15) is 0 Å². The summed E-state index contributed by atoms with van der Waals surface area (Å²) in [6.07, 6.45) is 2.18. The Morgan fingerprint density at radius 2 is 2.19 bits per heavy atom. The number of hydrogen-bond acceptors (Lipinski definition) is 1. The van der Waals surface area contributed by atoms with E-state index in [1.54, 1.807) is 0 Å². The molecule has 0 amide bonds. The normalized spacial score (nSPS) is 27.4. The minimum Gasteiger partial charge on any atom is -0.361 e. The van der Waals surface area contributed by atoms with Gasteiger partial charge >= 0.3 is 0 Å². The van der Waals surface area contributed by atoms with Crippen LogP contribution in [0, 0.1) is 5.92 Å². The quantitative estimate of drug-likeness (QED) is 0.747. The van der Waals surface area contributed by atoms with E-state index in [9.17, 15) is 0 Å². The average molecular weight is 253 g/mol. The predicted molar refractivity (Wildman–Crippen MR) is 69.9 cm³/mol. The van der Waals surface area contributed by atoms with Gasteiger partial charge in [-0.25, -0.2) is 0 Å². The zero-order valence-electron chi connectivity index (χ0n) is 8.79. The zero-order valence-corrected chi connectivity index (χ0v) is 10.4. The van der Waals surface area contributed by atoms with Crippen molar-refractivity contribution in [2.45, 2.75) is 18.9 Å². The Labute approximate surface area is 105 Å². The highest BCUT2D eigenvalue weighted by atomic mass is 35.5. The summed E-state index contributed by atoms with van der Waals surface area (Å²) >= 11 is 11.3. The van der Waals surface area contributed by atoms with Gasteiger partial charge in [0.15, 0.2) is 5.11 Å². The monoisotopic (exact) mass is 252 g/mol. The van der Waals surface area contributed by atoms with Crippen LogP contribution in [0.4, 0.5) is 0 Å². The van der Waals surface area contributed by atoms with Gasteiger partial charge in [-0.1, -0.05) is 23.7 Å². The van der Waals surface area contributed by atoms with Crippen molar-refractivity contribution in [3.63, 3.8) is 0 Å². The van der Waals surface area contributed by atoms with Gasteiger partial charge in [0, 0.05) is 17.6 Å². The van der Waals surface area contributed by atoms with E-state index in [-0.39, 0.29) is 0 Å². The lowest BCUT2D eigenvalue weighted by Gasteiger charge is -2.16. The van der Waals surface area contributed by atoms with Crippen molar-refractivity contribution in [3.8, 4) is 0 Å². The van der Waals surface area contributed by atoms with E-state index in [4.69, 9.17) is 23.8 Å². The largest absolute Gasteiger partial charge is 0.361 e. The van der Waals surface area contributed by atoms with Crippen LogP contribution in [0.3, 0.4) is 0 Å². The molecule has 2 N–H and O–H groups in total. The molecule has 0 spiro atoms. The number of benzene rings is 1. The fourth-order valence-electron chi connectivity index (χ4n) is 2.68. The van der Waals surface area contributed by atoms with Crippen LogP contribution in [-0.4, -0.2) is 17.7 Å². The zero-order chi connectivity index (χ0) is 11.1. The number of nitrogens with one attached hydrogen (secondary N) is 2. The van der Waals surface area contributed by atoms with Gasteiger partial charge in [0.2, 0.25) is 0 Å². The molecular weight excluding hydrogens is 240 g/mol. The Kier molecular flexibility index (Phi) is 2.52. The van der Waals surface area contributed by atoms with Gasteiger partial charge in [-0.2, -0.15) is 0 Å². The molecule has 0 radical (unpaired) electrons. The maximum Gasteiger partial charge on any atom is 0.166 e. The maximum atomic E-state index is 6.21. The lowest BCUT2D eigenvalue weighted by Crippen LogP contribution is -2.34. The molecule has 4 heteroatoms. The molecule has 0 saturated carbocycles. The van der Waals surface area contributed by atoms with E-state index in [2.05, 4.69) is 16.7 Å². The second-order valence-corrected chi connectivity index (χ2v) is 5.32. The van der Waals surface area contributed by atoms with E-state index >= 15 is 0 Å². The first-order valence-corrected chi connectivity index (χ1v) is 6.33. The molecule has 1 aromatic rings. The van der Waals surface area contributed by atoms with E-state index in [0.29, 0.717) is 12.0 Å². The predicted octanol–water partition coefficient (Wildman–Crippen LogP) is 1.90. The first kappa shape index (κ1) is 10.4. The maximum absolute atomic E-state index is 6.21. The van der Waals surface area contributed by atoms with Crippen LogP contribution in [0.5, 0.6) is 0 Å². The summed E-state index contributed by atoms with van der Waals surface area (Å²) in [5.74, 6) is 0.614. The highest BCUT2D eigenvalue weighted by Gasteiger charge is 2.32. The Balaban J connectivity index is 1.80. The van der Waals surface area contributed by atoms with Crippen LogP contribution in [0.15, 0.2) is 18.2 Å². The Bertz CT molecular complexity index is 447. The van der Waals surface area contributed by atoms with Crippen molar-refractivity contribution in [2.75, 3.05) is 6.54 Å². The lowest BCUT2D eigenvalue weighted by molar-refractivity contribution is 0.432. The second kappa shape index (κ2) is 3.90. The van der Waals surface area contributed by atoms with Crippen LogP contribution in [-0.2, 0) is 12.8 Å². The molecule has 1 fully saturated rings. The first-order valence-electron chi connectivity index (χ1n) is 5.54. The standard InChI is InChI=1S/C12H13ClN2S/c13-10-3-1-2-7-4-8(5-9(7)10)11-6-14-12(16)15-11/h1-3,8,11H,4-6H2,(H2,14,15,16). The summed E-state index contributed by atoms with van der Waals surface area (Å²) in [7, 11) is 0. The van der Waals surface area contributed by atoms with Crippen molar-refractivity contribution < 1.29 is 0 Å². The minimum absolute atomic E-state index is 0.455. The van der Waals surface area contributed by atoms with Crippen molar-refractivity contribution in [1.82, 2.24) is 10.6 Å². The van der Waals surface area contributed by atoms with E-state index < -0.39 is 0 Å². The summed E-state index contributed by atoms with van der Waals surface area (Å²) in [5.41, 5.74) is 2.73. The molecule has 1 aliphatic carbocycles. The van der Waals surface area contributed by atoms with Crippen LogP contribution < -0.4 is 10.6 Å². The van der Waals surface area contributed by atoms with Gasteiger partial charge < -0.3 is 10.6 Å². The Hall–Kier alpha value is -0.800. The third kappa shape index (κ3) is 1.68. The SMILES string of the molecule is S=C1NCC(C2Cc3cccc(Cl)c3C2)N1. The summed E-state index contributed by atoms with van der Waals surface area (Å²) in [5, 5.41) is 8.20. The second-order valence-electron chi connectivity index (χ2n) is 4.51. The smallest absolute Gasteiger partial charge is 0.166 e. The lowest BCUT2D eigenvalue weighted by atomic mass is 9.97. The third-order valence-electron chi connectivity index (χ3n) is 3.53. The van der Waals surface area contributed by atoms with Gasteiger partial charge in [0.05, 0.1) is 0 Å². The van der Waals surface area contributed by atoms with Crippen molar-refractivity contribution in [2.24, 2.45) is 5.92 Å². The molecule has 2 aliphatic rings. The van der Waals surface area contributed by atoms with Gasteiger partial charge in [-0.05, 0) is 48.2 Å². The molecule has 2 unspecified atom stereocenters. The topological polar surface area (TPSA) is 24.1 Å². The molecule has 1 aliphatic heterocycles. The molecule has 1 heterocycles. The fraction of sp³-hybridized carbons (Fsp3) is 0.417. The van der Waals surface area contributed by atoms with Gasteiger partial charge in [0.25, 0.3) is 0 Å². The van der Waals surface area contributed by atoms with Crippen LogP contribution in [0.2, 0.25) is 5.02 Å². The fourth-order valence-corrected chi connectivity index (χ4v) is 3.19. The molecule has 3 rings (SSSR count). The number of fused-ring (bicyclic) bond motifs is 1. The molecule has 2 atom stereocenters. The number of thiocarbonyl (C=S) groups is 1. The van der Waals surface area contributed by atoms with Crippen molar-refractivity contribution in [1.29, 1.82) is 0 Å². The molecule has 0 bridgehead atoms. The van der Waals surface area contributed by atoms with Crippen LogP contribution in [0.1, 0.15) is 11.1 Å². The number of halogens is 1. The molecule has 1 aromatic carbocycles. The van der Waals surface area contributed by atoms with E-state index in [1.807, 2.05) is 12.1 Å². The summed E-state index contributed by atoms with van der Waals surface area (Å²) in [6, 6.07) is 6.65. The summed E-state index contributed by atoms with van der Waals surface area (Å²) in [6.45, 7) is 0.940. The Morgan fingerprint density at radius 3 is 2.88 bits per heavy atom. The highest BCUT2D eigenvalue weighted by Crippen LogP contribution is 2.33. The number of hydrogen-bond donors (Lipinski definition) is 2. The van der Waals surface area contributed by atoms with Crippen LogP contribution >= 0.6 is 23.8 Å². The van der Waals surface area contributed by atoms with Crippen molar-refractivity contribution in [3.05, 3.63) is 34.3 Å². The van der Waals surface area contributed by atoms with Gasteiger partial charge in [-0.15, -0.1) is 0 Å². The third-order valence-corrected chi connectivity index (χ3v) is 4.15. The molecule has 84 valence electrons. The molecule has 1 saturated heterocycles. The van der Waals surface area contributed by atoms with E-state index in [1.165, 1.54) is 11.1 Å². The highest BCUT2D eigenvalue weighted by molar-refractivity contribution is 7.80.